The lowest BCUT2D eigenvalue weighted by atomic mass is 9.97. The maximum absolute atomic E-state index is 12.1. The van der Waals surface area contributed by atoms with E-state index < -0.39 is 0 Å². The van der Waals surface area contributed by atoms with Crippen LogP contribution in [0.2, 0.25) is 0 Å². The van der Waals surface area contributed by atoms with E-state index >= 15 is 0 Å². The van der Waals surface area contributed by atoms with E-state index in [-0.39, 0.29) is 11.8 Å². The van der Waals surface area contributed by atoms with Crippen LogP contribution in [0.25, 0.3) is 0 Å². The molecule has 0 radical (unpaired) electrons. The quantitative estimate of drug-likeness (QED) is 0.744. The lowest BCUT2D eigenvalue weighted by Crippen LogP contribution is -2.37. The number of hydrogen-bond acceptors (Lipinski definition) is 4. The summed E-state index contributed by atoms with van der Waals surface area (Å²) in [5.74, 6) is 1.11. The molecule has 0 atom stereocenters. The molecule has 1 amide bonds. The van der Waals surface area contributed by atoms with Crippen LogP contribution in [-0.4, -0.2) is 39.3 Å². The highest BCUT2D eigenvalue weighted by atomic mass is 16.5. The maximum Gasteiger partial charge on any atom is 0.223 e. The highest BCUT2D eigenvalue weighted by Gasteiger charge is 2.20. The first-order valence-electron chi connectivity index (χ1n) is 7.48. The van der Waals surface area contributed by atoms with Gasteiger partial charge in [0.2, 0.25) is 5.91 Å². The summed E-state index contributed by atoms with van der Waals surface area (Å²) in [4.78, 5) is 12.1. The van der Waals surface area contributed by atoms with Crippen molar-refractivity contribution in [1.29, 1.82) is 0 Å². The summed E-state index contributed by atoms with van der Waals surface area (Å²) < 4.78 is 10.5. The average molecular weight is 292 g/mol. The number of amides is 1. The van der Waals surface area contributed by atoms with Gasteiger partial charge in [0, 0.05) is 19.6 Å². The molecule has 2 rings (SSSR count). The fraction of sp³-hybridized carbons (Fsp3) is 0.562. The van der Waals surface area contributed by atoms with Crippen LogP contribution in [0.1, 0.15) is 18.4 Å². The van der Waals surface area contributed by atoms with Crippen molar-refractivity contribution in [1.82, 2.24) is 10.6 Å². The second-order valence-corrected chi connectivity index (χ2v) is 5.23. The predicted molar refractivity (Wildman–Crippen MR) is 81.3 cm³/mol. The smallest absolute Gasteiger partial charge is 0.223 e. The molecule has 1 saturated heterocycles. The van der Waals surface area contributed by atoms with Crippen molar-refractivity contribution in [3.8, 4) is 5.75 Å². The van der Waals surface area contributed by atoms with Gasteiger partial charge in [-0.3, -0.25) is 4.79 Å². The summed E-state index contributed by atoms with van der Waals surface area (Å²) in [6.45, 7) is 3.50. The van der Waals surface area contributed by atoms with Crippen molar-refractivity contribution in [2.24, 2.45) is 5.92 Å². The van der Waals surface area contributed by atoms with Gasteiger partial charge in [0.15, 0.2) is 0 Å². The number of hydrogen-bond donors (Lipinski definition) is 2. The molecule has 0 aromatic heterocycles. The Morgan fingerprint density at radius 2 is 2.14 bits per heavy atom. The van der Waals surface area contributed by atoms with Crippen LogP contribution in [0, 0.1) is 5.92 Å². The van der Waals surface area contributed by atoms with Gasteiger partial charge in [-0.2, -0.15) is 0 Å². The van der Waals surface area contributed by atoms with Crippen LogP contribution in [0.5, 0.6) is 5.75 Å². The Balaban J connectivity index is 1.79. The highest BCUT2D eigenvalue weighted by molar-refractivity contribution is 5.78. The van der Waals surface area contributed by atoms with Gasteiger partial charge < -0.3 is 20.1 Å². The number of nitrogens with one attached hydrogen (secondary N) is 2. The van der Waals surface area contributed by atoms with Gasteiger partial charge in [-0.25, -0.2) is 0 Å². The summed E-state index contributed by atoms with van der Waals surface area (Å²) in [5.41, 5.74) is 1.05. The molecule has 0 saturated carbocycles. The zero-order valence-corrected chi connectivity index (χ0v) is 12.6. The molecule has 0 bridgehead atoms. The van der Waals surface area contributed by atoms with Crippen LogP contribution < -0.4 is 15.4 Å². The van der Waals surface area contributed by atoms with Crippen LogP contribution in [0.4, 0.5) is 0 Å². The number of ether oxygens (including phenoxy) is 2. The van der Waals surface area contributed by atoms with Gasteiger partial charge in [0.25, 0.3) is 0 Å². The van der Waals surface area contributed by atoms with Crippen LogP contribution in [0.3, 0.4) is 0 Å². The Kier molecular flexibility index (Phi) is 6.50. The molecule has 1 aliphatic rings. The molecule has 1 heterocycles. The fourth-order valence-corrected chi connectivity index (χ4v) is 2.41. The van der Waals surface area contributed by atoms with E-state index in [1.54, 1.807) is 7.11 Å². The fourth-order valence-electron chi connectivity index (χ4n) is 2.41. The van der Waals surface area contributed by atoms with Crippen molar-refractivity contribution >= 4 is 5.91 Å². The van der Waals surface area contributed by atoms with Crippen molar-refractivity contribution in [2.75, 3.05) is 33.4 Å². The van der Waals surface area contributed by atoms with E-state index in [1.165, 1.54) is 0 Å². The van der Waals surface area contributed by atoms with Crippen LogP contribution >= 0.6 is 0 Å². The molecule has 0 spiro atoms. The summed E-state index contributed by atoms with van der Waals surface area (Å²) in [5, 5.41) is 6.28. The predicted octanol–water partition coefficient (Wildman–Crippen LogP) is 1.33. The molecule has 0 aliphatic carbocycles. The summed E-state index contributed by atoms with van der Waals surface area (Å²) >= 11 is 0. The SMILES string of the molecule is COCCOc1cccc(CNC(=O)C2CCNCC2)c1. The number of carbonyl (C=O) groups excluding carboxylic acids is 1. The zero-order chi connectivity index (χ0) is 14.9. The Labute approximate surface area is 126 Å². The minimum atomic E-state index is 0.146. The Hall–Kier alpha value is -1.59. The van der Waals surface area contributed by atoms with E-state index in [0.29, 0.717) is 19.8 Å². The molecule has 5 heteroatoms. The maximum atomic E-state index is 12.1. The summed E-state index contributed by atoms with van der Waals surface area (Å²) in [6.07, 6.45) is 1.85. The average Bonchev–Trinajstić information content (AvgIpc) is 2.54. The van der Waals surface area contributed by atoms with Gasteiger partial charge in [0.05, 0.1) is 6.61 Å². The van der Waals surface area contributed by atoms with Crippen molar-refractivity contribution < 1.29 is 14.3 Å². The van der Waals surface area contributed by atoms with Gasteiger partial charge in [-0.15, -0.1) is 0 Å². The third-order valence-electron chi connectivity index (χ3n) is 3.63. The molecule has 2 N–H and O–H groups in total. The highest BCUT2D eigenvalue weighted by Crippen LogP contribution is 2.15. The van der Waals surface area contributed by atoms with Gasteiger partial charge in [-0.1, -0.05) is 12.1 Å². The minimum absolute atomic E-state index is 0.146. The van der Waals surface area contributed by atoms with E-state index in [2.05, 4.69) is 10.6 Å². The van der Waals surface area contributed by atoms with E-state index in [9.17, 15) is 4.79 Å². The largest absolute Gasteiger partial charge is 0.491 e. The number of benzene rings is 1. The third kappa shape index (κ3) is 5.36. The molecule has 5 nitrogen and oxygen atoms in total. The number of piperidine rings is 1. The van der Waals surface area contributed by atoms with Gasteiger partial charge in [-0.05, 0) is 43.6 Å². The van der Waals surface area contributed by atoms with Gasteiger partial charge in [0.1, 0.15) is 12.4 Å². The number of carbonyl (C=O) groups is 1. The third-order valence-corrected chi connectivity index (χ3v) is 3.63. The Bertz CT molecular complexity index is 445. The molecular weight excluding hydrogens is 268 g/mol. The Morgan fingerprint density at radius 3 is 2.90 bits per heavy atom. The first kappa shape index (κ1) is 15.8. The molecule has 1 aliphatic heterocycles. The molecule has 116 valence electrons. The molecular formula is C16H24N2O3. The normalized spacial score (nSPS) is 15.7. The molecule has 21 heavy (non-hydrogen) atoms. The van der Waals surface area contributed by atoms with Crippen LogP contribution in [-0.2, 0) is 16.1 Å². The molecule has 1 aromatic rings. The molecule has 1 aromatic carbocycles. The topological polar surface area (TPSA) is 59.6 Å². The van der Waals surface area contributed by atoms with E-state index in [1.807, 2.05) is 24.3 Å². The number of rotatable bonds is 7. The van der Waals surface area contributed by atoms with Crippen molar-refractivity contribution in [3.63, 3.8) is 0 Å². The first-order chi connectivity index (χ1) is 10.3. The lowest BCUT2D eigenvalue weighted by Gasteiger charge is -2.21. The molecule has 1 fully saturated rings. The van der Waals surface area contributed by atoms with Crippen molar-refractivity contribution in [2.45, 2.75) is 19.4 Å². The monoisotopic (exact) mass is 292 g/mol. The molecule has 0 unspecified atom stereocenters. The standard InChI is InChI=1S/C16H24N2O3/c1-20-9-10-21-15-4-2-3-13(11-15)12-18-16(19)14-5-7-17-8-6-14/h2-4,11,14,17H,5-10,12H2,1H3,(H,18,19). The van der Waals surface area contributed by atoms with Crippen molar-refractivity contribution in [3.05, 3.63) is 29.8 Å². The summed E-state index contributed by atoms with van der Waals surface area (Å²) in [7, 11) is 1.65. The second kappa shape index (κ2) is 8.64. The second-order valence-electron chi connectivity index (χ2n) is 5.23. The van der Waals surface area contributed by atoms with Gasteiger partial charge >= 0.3 is 0 Å². The zero-order valence-electron chi connectivity index (χ0n) is 12.6. The van der Waals surface area contributed by atoms with E-state index in [0.717, 1.165) is 37.2 Å². The first-order valence-corrected chi connectivity index (χ1v) is 7.48. The summed E-state index contributed by atoms with van der Waals surface area (Å²) in [6, 6.07) is 7.80. The Morgan fingerprint density at radius 1 is 1.33 bits per heavy atom. The number of methoxy groups -OCH3 is 1. The van der Waals surface area contributed by atoms with Crippen LogP contribution in [0.15, 0.2) is 24.3 Å². The lowest BCUT2D eigenvalue weighted by molar-refractivity contribution is -0.125. The van der Waals surface area contributed by atoms with E-state index in [4.69, 9.17) is 9.47 Å². The minimum Gasteiger partial charge on any atom is -0.491 e.